The molecule has 1 fully saturated rings. The van der Waals surface area contributed by atoms with Crippen LogP contribution < -0.4 is 9.64 Å². The zero-order valence-electron chi connectivity index (χ0n) is 14.4. The van der Waals surface area contributed by atoms with Gasteiger partial charge in [0.25, 0.3) is 0 Å². The van der Waals surface area contributed by atoms with Gasteiger partial charge in [0, 0.05) is 0 Å². The van der Waals surface area contributed by atoms with Gasteiger partial charge >= 0.3 is 6.18 Å². The van der Waals surface area contributed by atoms with E-state index in [-0.39, 0.29) is 21.6 Å². The average molecular weight is 428 g/mol. The zero-order valence-corrected chi connectivity index (χ0v) is 16.0. The van der Waals surface area contributed by atoms with Gasteiger partial charge in [-0.2, -0.15) is 18.3 Å². The molecule has 0 spiro atoms. The quantitative estimate of drug-likeness (QED) is 0.518. The maximum atomic E-state index is 13.0. The molecule has 3 rings (SSSR count). The minimum absolute atomic E-state index is 0.00989. The molecule has 1 amide bonds. The Morgan fingerprint density at radius 2 is 1.93 bits per heavy atom. The molecule has 5 nitrogen and oxygen atoms in total. The lowest BCUT2D eigenvalue weighted by molar-refractivity contribution is -0.137. The number of hydrogen-bond acceptors (Lipinski definition) is 5. The summed E-state index contributed by atoms with van der Waals surface area (Å²) in [5.74, 6) is 0.291. The van der Waals surface area contributed by atoms with Gasteiger partial charge in [0.15, 0.2) is 5.17 Å². The molecule has 28 heavy (non-hydrogen) atoms. The van der Waals surface area contributed by atoms with E-state index >= 15 is 0 Å². The molecule has 146 valence electrons. The molecule has 0 saturated carbocycles. The lowest BCUT2D eigenvalue weighted by Gasteiger charge is -2.18. The van der Waals surface area contributed by atoms with E-state index in [2.05, 4.69) is 10.2 Å². The molecular weight excluding hydrogens is 415 g/mol. The predicted molar refractivity (Wildman–Crippen MR) is 104 cm³/mol. The van der Waals surface area contributed by atoms with Gasteiger partial charge in [-0.15, -0.1) is 5.10 Å². The lowest BCUT2D eigenvalue weighted by atomic mass is 10.2. The molecule has 2 aromatic rings. The van der Waals surface area contributed by atoms with Crippen molar-refractivity contribution in [1.29, 1.82) is 0 Å². The van der Waals surface area contributed by atoms with Crippen LogP contribution in [0.1, 0.15) is 11.1 Å². The number of amidine groups is 1. The van der Waals surface area contributed by atoms with Crippen LogP contribution in [0.5, 0.6) is 5.75 Å². The zero-order chi connectivity index (χ0) is 20.3. The lowest BCUT2D eigenvalue weighted by Crippen LogP contribution is -2.29. The molecule has 1 aliphatic heterocycles. The molecule has 1 saturated heterocycles. The van der Waals surface area contributed by atoms with Crippen molar-refractivity contribution < 1.29 is 22.7 Å². The molecule has 0 unspecified atom stereocenters. The third-order valence-corrected chi connectivity index (χ3v) is 4.98. The maximum Gasteiger partial charge on any atom is 0.416 e. The fraction of sp³-hybridized carbons (Fsp3) is 0.167. The molecule has 0 bridgehead atoms. The minimum atomic E-state index is -4.56. The Labute approximate surface area is 167 Å². The van der Waals surface area contributed by atoms with Crippen LogP contribution >= 0.6 is 23.4 Å². The van der Waals surface area contributed by atoms with Crippen molar-refractivity contribution in [3.8, 4) is 5.75 Å². The number of alkyl halides is 3. The van der Waals surface area contributed by atoms with E-state index in [4.69, 9.17) is 16.3 Å². The Balaban J connectivity index is 1.89. The summed E-state index contributed by atoms with van der Waals surface area (Å²) in [7, 11) is 1.55. The van der Waals surface area contributed by atoms with Gasteiger partial charge in [-0.3, -0.25) is 9.69 Å². The first-order chi connectivity index (χ1) is 13.3. The Hall–Kier alpha value is -2.52. The van der Waals surface area contributed by atoms with Crippen LogP contribution in [0.3, 0.4) is 0 Å². The summed E-state index contributed by atoms with van der Waals surface area (Å²) in [6.45, 7) is 0. The smallest absolute Gasteiger partial charge is 0.416 e. The van der Waals surface area contributed by atoms with Gasteiger partial charge in [-0.25, -0.2) is 0 Å². The Morgan fingerprint density at radius 1 is 1.21 bits per heavy atom. The number of methoxy groups -OCH3 is 1. The fourth-order valence-corrected chi connectivity index (χ4v) is 3.39. The van der Waals surface area contributed by atoms with E-state index < -0.39 is 17.6 Å². The summed E-state index contributed by atoms with van der Waals surface area (Å²) in [6.07, 6.45) is -3.10. The van der Waals surface area contributed by atoms with Crippen molar-refractivity contribution in [2.45, 2.75) is 6.18 Å². The fourth-order valence-electron chi connectivity index (χ4n) is 2.37. The summed E-state index contributed by atoms with van der Waals surface area (Å²) in [5, 5.41) is 8.08. The monoisotopic (exact) mass is 427 g/mol. The highest BCUT2D eigenvalue weighted by Gasteiger charge is 2.35. The number of ether oxygens (including phenoxy) is 1. The van der Waals surface area contributed by atoms with E-state index in [1.165, 1.54) is 6.21 Å². The molecule has 10 heteroatoms. The number of benzene rings is 2. The van der Waals surface area contributed by atoms with Gasteiger partial charge in [0.2, 0.25) is 5.91 Å². The summed E-state index contributed by atoms with van der Waals surface area (Å²) >= 11 is 7.11. The van der Waals surface area contributed by atoms with Crippen LogP contribution in [0.2, 0.25) is 5.02 Å². The summed E-state index contributed by atoms with van der Waals surface area (Å²) < 4.78 is 44.1. The SMILES string of the molecule is COc1ccc(/C=N\N=C2/SCC(=O)N2c2cc(C(F)(F)F)ccc2Cl)cc1. The molecule has 1 heterocycles. The third kappa shape index (κ3) is 4.48. The highest BCUT2D eigenvalue weighted by molar-refractivity contribution is 8.15. The number of carbonyl (C=O) groups is 1. The van der Waals surface area contributed by atoms with Crippen molar-refractivity contribution in [2.75, 3.05) is 17.8 Å². The standard InChI is InChI=1S/C18H13ClF3N3O2S/c1-27-13-5-2-11(3-6-13)9-23-24-17-25(16(26)10-28-17)15-8-12(18(20,21)22)4-7-14(15)19/h2-9H,10H2,1H3/b23-9-,24-17-. The number of anilines is 1. The van der Waals surface area contributed by atoms with Crippen molar-refractivity contribution >= 4 is 46.3 Å². The summed E-state index contributed by atoms with van der Waals surface area (Å²) in [5.41, 5.74) is -0.245. The summed E-state index contributed by atoms with van der Waals surface area (Å²) in [4.78, 5) is 13.3. The summed E-state index contributed by atoms with van der Waals surface area (Å²) in [6, 6.07) is 9.81. The highest BCUT2D eigenvalue weighted by Crippen LogP contribution is 2.38. The van der Waals surface area contributed by atoms with Crippen LogP contribution in [0, 0.1) is 0 Å². The second-order valence-corrected chi connectivity index (χ2v) is 6.93. The largest absolute Gasteiger partial charge is 0.497 e. The average Bonchev–Trinajstić information content (AvgIpc) is 3.02. The van der Waals surface area contributed by atoms with Crippen LogP contribution in [0.4, 0.5) is 18.9 Å². The van der Waals surface area contributed by atoms with Crippen LogP contribution in [-0.4, -0.2) is 30.2 Å². The van der Waals surface area contributed by atoms with Crippen LogP contribution in [0.15, 0.2) is 52.7 Å². The Kier molecular flexibility index (Phi) is 5.95. The second kappa shape index (κ2) is 8.24. The van der Waals surface area contributed by atoms with Crippen molar-refractivity contribution in [1.82, 2.24) is 0 Å². The van der Waals surface area contributed by atoms with E-state index in [9.17, 15) is 18.0 Å². The number of nitrogens with zero attached hydrogens (tertiary/aromatic N) is 3. The second-order valence-electron chi connectivity index (χ2n) is 5.58. The van der Waals surface area contributed by atoms with Crippen molar-refractivity contribution in [3.63, 3.8) is 0 Å². The van der Waals surface area contributed by atoms with E-state index in [0.29, 0.717) is 5.75 Å². The van der Waals surface area contributed by atoms with E-state index in [1.54, 1.807) is 31.4 Å². The number of amides is 1. The molecule has 0 aliphatic carbocycles. The third-order valence-electron chi connectivity index (χ3n) is 3.75. The topological polar surface area (TPSA) is 54.3 Å². The van der Waals surface area contributed by atoms with Gasteiger partial charge in [-0.05, 0) is 48.0 Å². The van der Waals surface area contributed by atoms with Crippen LogP contribution in [-0.2, 0) is 11.0 Å². The van der Waals surface area contributed by atoms with Crippen molar-refractivity contribution in [2.24, 2.45) is 10.2 Å². The highest BCUT2D eigenvalue weighted by atomic mass is 35.5. The number of rotatable bonds is 4. The number of carbonyl (C=O) groups excluding carboxylic acids is 1. The maximum absolute atomic E-state index is 13.0. The number of halogens is 4. The number of thioether (sulfide) groups is 1. The molecule has 0 N–H and O–H groups in total. The van der Waals surface area contributed by atoms with Gasteiger partial charge < -0.3 is 4.74 Å². The molecule has 0 aromatic heterocycles. The van der Waals surface area contributed by atoms with E-state index in [0.717, 1.165) is 40.4 Å². The first-order valence-electron chi connectivity index (χ1n) is 7.87. The molecular formula is C18H13ClF3N3O2S. The molecule has 0 radical (unpaired) electrons. The van der Waals surface area contributed by atoms with Crippen LogP contribution in [0.25, 0.3) is 0 Å². The predicted octanol–water partition coefficient (Wildman–Crippen LogP) is 4.84. The molecule has 0 atom stereocenters. The molecule has 1 aliphatic rings. The minimum Gasteiger partial charge on any atom is -0.497 e. The number of hydrogen-bond donors (Lipinski definition) is 0. The Morgan fingerprint density at radius 3 is 2.57 bits per heavy atom. The Bertz CT molecular complexity index is 946. The first kappa shape index (κ1) is 20.2. The van der Waals surface area contributed by atoms with Gasteiger partial charge in [0.05, 0.1) is 35.4 Å². The van der Waals surface area contributed by atoms with Gasteiger partial charge in [0.1, 0.15) is 5.75 Å². The first-order valence-corrected chi connectivity index (χ1v) is 9.23. The normalized spacial score (nSPS) is 16.4. The van der Waals surface area contributed by atoms with Gasteiger partial charge in [-0.1, -0.05) is 23.4 Å². The molecule has 2 aromatic carbocycles. The van der Waals surface area contributed by atoms with Crippen molar-refractivity contribution in [3.05, 3.63) is 58.6 Å². The van der Waals surface area contributed by atoms with E-state index in [1.807, 2.05) is 0 Å².